The third kappa shape index (κ3) is 2.64. The molecule has 0 bridgehead atoms. The molecule has 23 heavy (non-hydrogen) atoms. The van der Waals surface area contributed by atoms with E-state index in [4.69, 9.17) is 0 Å². The van der Waals surface area contributed by atoms with Crippen molar-refractivity contribution >= 4 is 10.8 Å². The van der Waals surface area contributed by atoms with E-state index in [1.54, 1.807) is 0 Å². The molecule has 1 radical (unpaired) electrons. The molecule has 0 aliphatic carbocycles. The normalized spacial score (nSPS) is 11.0. The van der Waals surface area contributed by atoms with Crippen LogP contribution < -0.4 is 0 Å². The van der Waals surface area contributed by atoms with E-state index in [1.165, 1.54) is 33.4 Å². The molecule has 0 amide bonds. The van der Waals surface area contributed by atoms with Gasteiger partial charge in [0.2, 0.25) is 0 Å². The molecular formula is C23H17. The van der Waals surface area contributed by atoms with E-state index in [2.05, 4.69) is 103 Å². The Morgan fingerprint density at radius 1 is 0.435 bits per heavy atom. The molecule has 0 heterocycles. The first-order chi connectivity index (χ1) is 11.4. The fourth-order valence-corrected chi connectivity index (χ4v) is 3.13. The third-order valence-electron chi connectivity index (χ3n) is 4.18. The second-order valence-electron chi connectivity index (χ2n) is 5.63. The van der Waals surface area contributed by atoms with Crippen LogP contribution in [0.25, 0.3) is 10.8 Å². The molecule has 4 aromatic carbocycles. The topological polar surface area (TPSA) is 0 Å². The van der Waals surface area contributed by atoms with Crippen LogP contribution in [0.4, 0.5) is 0 Å². The minimum atomic E-state index is 1.25. The fourth-order valence-electron chi connectivity index (χ4n) is 3.13. The van der Waals surface area contributed by atoms with Crippen LogP contribution in [0.5, 0.6) is 0 Å². The molecule has 109 valence electrons. The molecule has 0 saturated heterocycles. The van der Waals surface area contributed by atoms with Crippen LogP contribution in [0, 0.1) is 5.92 Å². The standard InChI is InChI=1S/C23H17/c1-3-11-19(12-4-1)23(20-13-5-2-6-14-20)22-17-9-15-18-10-7-8-16-21(18)22/h1-17H. The highest BCUT2D eigenvalue weighted by molar-refractivity contribution is 5.89. The first kappa shape index (κ1) is 13.8. The second kappa shape index (κ2) is 6.10. The first-order valence-corrected chi connectivity index (χ1v) is 7.89. The van der Waals surface area contributed by atoms with Crippen molar-refractivity contribution in [2.24, 2.45) is 0 Å². The zero-order valence-electron chi connectivity index (χ0n) is 12.8. The number of hydrogen-bond donors (Lipinski definition) is 0. The van der Waals surface area contributed by atoms with Gasteiger partial charge in [-0.05, 0) is 27.5 Å². The maximum atomic E-state index is 2.22. The van der Waals surface area contributed by atoms with Crippen molar-refractivity contribution in [2.45, 2.75) is 0 Å². The second-order valence-corrected chi connectivity index (χ2v) is 5.63. The Bertz CT molecular complexity index is 863. The molecule has 0 aliphatic heterocycles. The average molecular weight is 293 g/mol. The molecule has 0 unspecified atom stereocenters. The van der Waals surface area contributed by atoms with Crippen LogP contribution in [0.15, 0.2) is 103 Å². The van der Waals surface area contributed by atoms with Gasteiger partial charge in [-0.25, -0.2) is 0 Å². The molecule has 0 atom stereocenters. The summed E-state index contributed by atoms with van der Waals surface area (Å²) in [5.74, 6) is 1.28. The molecule has 0 heteroatoms. The number of rotatable bonds is 3. The quantitative estimate of drug-likeness (QED) is 0.415. The lowest BCUT2D eigenvalue weighted by Crippen LogP contribution is -2.05. The molecule has 0 N–H and O–H groups in total. The largest absolute Gasteiger partial charge is 0.0635 e. The van der Waals surface area contributed by atoms with Gasteiger partial charge < -0.3 is 0 Å². The van der Waals surface area contributed by atoms with Crippen molar-refractivity contribution in [3.63, 3.8) is 0 Å². The van der Waals surface area contributed by atoms with Crippen molar-refractivity contribution in [3.05, 3.63) is 126 Å². The Hall–Kier alpha value is -2.86. The predicted molar refractivity (Wildman–Crippen MR) is 97.4 cm³/mol. The summed E-state index contributed by atoms with van der Waals surface area (Å²) >= 11 is 0. The summed E-state index contributed by atoms with van der Waals surface area (Å²) in [6.07, 6.45) is 0. The molecule has 0 aromatic heterocycles. The van der Waals surface area contributed by atoms with E-state index in [-0.39, 0.29) is 0 Å². The summed E-state index contributed by atoms with van der Waals surface area (Å²) in [5, 5.41) is 2.56. The average Bonchev–Trinajstić information content (AvgIpc) is 2.64. The van der Waals surface area contributed by atoms with Crippen LogP contribution in [0.2, 0.25) is 0 Å². The van der Waals surface area contributed by atoms with E-state index < -0.39 is 0 Å². The Labute approximate surface area is 137 Å². The number of fused-ring (bicyclic) bond motifs is 1. The lowest BCUT2D eigenvalue weighted by Gasteiger charge is -2.20. The van der Waals surface area contributed by atoms with Crippen LogP contribution in [0.3, 0.4) is 0 Å². The number of hydrogen-bond acceptors (Lipinski definition) is 0. The summed E-state index contributed by atoms with van der Waals surface area (Å²) in [7, 11) is 0. The van der Waals surface area contributed by atoms with Crippen LogP contribution in [-0.4, -0.2) is 0 Å². The minimum absolute atomic E-state index is 1.25. The summed E-state index contributed by atoms with van der Waals surface area (Å²) in [6.45, 7) is 0. The maximum Gasteiger partial charge on any atom is 0.0635 e. The van der Waals surface area contributed by atoms with Gasteiger partial charge in [0.1, 0.15) is 0 Å². The van der Waals surface area contributed by atoms with Crippen LogP contribution in [-0.2, 0) is 0 Å². The highest BCUT2D eigenvalue weighted by Gasteiger charge is 2.19. The summed E-state index contributed by atoms with van der Waals surface area (Å²) < 4.78 is 0. The molecular weight excluding hydrogens is 276 g/mol. The predicted octanol–water partition coefficient (Wildman–Crippen LogP) is 5.86. The SMILES string of the molecule is c1ccc([C](c2ccccc2)c2cccc3ccccc23)cc1. The Kier molecular flexibility index (Phi) is 3.65. The van der Waals surface area contributed by atoms with E-state index in [0.29, 0.717) is 0 Å². The zero-order chi connectivity index (χ0) is 15.5. The molecule has 0 nitrogen and oxygen atoms in total. The van der Waals surface area contributed by atoms with Gasteiger partial charge in [0.25, 0.3) is 0 Å². The smallest absolute Gasteiger partial charge is 0.0622 e. The Morgan fingerprint density at radius 3 is 1.61 bits per heavy atom. The monoisotopic (exact) mass is 293 g/mol. The van der Waals surface area contributed by atoms with Gasteiger partial charge >= 0.3 is 0 Å². The lowest BCUT2D eigenvalue weighted by atomic mass is 9.83. The van der Waals surface area contributed by atoms with E-state index in [0.717, 1.165) is 0 Å². The van der Waals surface area contributed by atoms with E-state index in [1.807, 2.05) is 0 Å². The van der Waals surface area contributed by atoms with Gasteiger partial charge in [-0.15, -0.1) is 0 Å². The van der Waals surface area contributed by atoms with Gasteiger partial charge in [0.15, 0.2) is 0 Å². The van der Waals surface area contributed by atoms with E-state index in [9.17, 15) is 0 Å². The molecule has 0 fully saturated rings. The summed E-state index contributed by atoms with van der Waals surface area (Å²) in [4.78, 5) is 0. The highest BCUT2D eigenvalue weighted by atomic mass is 14.2. The molecule has 4 aromatic rings. The van der Waals surface area contributed by atoms with Gasteiger partial charge in [-0.3, -0.25) is 0 Å². The first-order valence-electron chi connectivity index (χ1n) is 7.89. The highest BCUT2D eigenvalue weighted by Crippen LogP contribution is 2.34. The summed E-state index contributed by atoms with van der Waals surface area (Å²) in [6, 6.07) is 36.4. The van der Waals surface area contributed by atoms with Crippen LogP contribution >= 0.6 is 0 Å². The van der Waals surface area contributed by atoms with E-state index >= 15 is 0 Å². The van der Waals surface area contributed by atoms with Crippen LogP contribution in [0.1, 0.15) is 16.7 Å². The minimum Gasteiger partial charge on any atom is -0.0622 e. The lowest BCUT2D eigenvalue weighted by molar-refractivity contribution is 1.24. The van der Waals surface area contributed by atoms with Crippen molar-refractivity contribution in [2.75, 3.05) is 0 Å². The van der Waals surface area contributed by atoms with Gasteiger partial charge in [-0.2, -0.15) is 0 Å². The van der Waals surface area contributed by atoms with Gasteiger partial charge in [-0.1, -0.05) is 103 Å². The maximum absolute atomic E-state index is 2.22. The molecule has 0 spiro atoms. The molecule has 0 saturated carbocycles. The third-order valence-corrected chi connectivity index (χ3v) is 4.18. The van der Waals surface area contributed by atoms with Crippen molar-refractivity contribution in [1.82, 2.24) is 0 Å². The van der Waals surface area contributed by atoms with Crippen molar-refractivity contribution in [1.29, 1.82) is 0 Å². The number of benzene rings is 4. The fraction of sp³-hybridized carbons (Fsp3) is 0. The Balaban J connectivity index is 1.98. The van der Waals surface area contributed by atoms with Crippen molar-refractivity contribution in [3.8, 4) is 0 Å². The molecule has 0 aliphatic rings. The van der Waals surface area contributed by atoms with Gasteiger partial charge in [0, 0.05) is 0 Å². The zero-order valence-corrected chi connectivity index (χ0v) is 12.8. The Morgan fingerprint density at radius 2 is 0.957 bits per heavy atom. The van der Waals surface area contributed by atoms with Crippen molar-refractivity contribution < 1.29 is 0 Å². The molecule has 4 rings (SSSR count). The van der Waals surface area contributed by atoms with Gasteiger partial charge in [0.05, 0.1) is 5.92 Å². The summed E-state index contributed by atoms with van der Waals surface area (Å²) in [5.41, 5.74) is 3.77.